The number of carbonyl (C=O) groups is 4. The number of rotatable bonds is 5. The summed E-state index contributed by atoms with van der Waals surface area (Å²) in [4.78, 5) is 55.3. The maximum absolute atomic E-state index is 13.0. The zero-order valence-electron chi connectivity index (χ0n) is 17.1. The Bertz CT molecular complexity index is 1040. The Balaban J connectivity index is 1.81. The fourth-order valence-corrected chi connectivity index (χ4v) is 4.52. The normalized spacial score (nSPS) is 18.3. The summed E-state index contributed by atoms with van der Waals surface area (Å²) in [7, 11) is 1.34. The van der Waals surface area contributed by atoms with Crippen molar-refractivity contribution in [3.8, 4) is 5.88 Å². The van der Waals surface area contributed by atoms with Crippen molar-refractivity contribution in [2.24, 2.45) is 17.4 Å². The maximum Gasteiger partial charge on any atom is 0.313 e. The van der Waals surface area contributed by atoms with Crippen LogP contribution in [0.2, 0.25) is 0 Å². The van der Waals surface area contributed by atoms with Crippen LogP contribution in [0.25, 0.3) is 0 Å². The van der Waals surface area contributed by atoms with Gasteiger partial charge in [-0.1, -0.05) is 6.92 Å². The van der Waals surface area contributed by atoms with Gasteiger partial charge in [0.25, 0.3) is 11.8 Å². The Kier molecular flexibility index (Phi) is 6.54. The van der Waals surface area contributed by atoms with Gasteiger partial charge in [-0.15, -0.1) is 11.3 Å². The summed E-state index contributed by atoms with van der Waals surface area (Å²) >= 11 is 1.22. The number of aromatic nitrogens is 1. The monoisotopic (exact) mass is 445 g/mol. The van der Waals surface area contributed by atoms with Crippen molar-refractivity contribution in [2.75, 3.05) is 19.0 Å². The maximum atomic E-state index is 13.0. The first kappa shape index (κ1) is 22.2. The first-order chi connectivity index (χ1) is 14.7. The fraction of sp³-hybridized carbons (Fsp3) is 0.350. The Morgan fingerprint density at radius 1 is 1.19 bits per heavy atom. The van der Waals surface area contributed by atoms with Crippen LogP contribution < -0.4 is 21.5 Å². The predicted octanol–water partition coefficient (Wildman–Crippen LogP) is 1.29. The molecule has 0 spiro atoms. The number of carbonyl (C=O) groups excluding carboxylic acids is 4. The average molecular weight is 446 g/mol. The minimum Gasteiger partial charge on any atom is -0.480 e. The van der Waals surface area contributed by atoms with E-state index in [0.29, 0.717) is 17.8 Å². The van der Waals surface area contributed by atoms with Crippen molar-refractivity contribution < 1.29 is 23.9 Å². The van der Waals surface area contributed by atoms with Crippen LogP contribution in [-0.2, 0) is 9.59 Å². The lowest BCUT2D eigenvalue weighted by atomic mass is 9.93. The first-order valence-corrected chi connectivity index (χ1v) is 10.4. The van der Waals surface area contributed by atoms with Crippen LogP contribution in [0.4, 0.5) is 5.69 Å². The fourth-order valence-electron chi connectivity index (χ4n) is 3.51. The summed E-state index contributed by atoms with van der Waals surface area (Å²) in [6.45, 7) is 2.40. The van der Waals surface area contributed by atoms with Crippen LogP contribution in [0.5, 0.6) is 5.88 Å². The second-order valence-electron chi connectivity index (χ2n) is 7.32. The molecule has 0 saturated carbocycles. The largest absolute Gasteiger partial charge is 0.480 e. The number of ether oxygens (including phenoxy) is 1. The standard InChI is InChI=1S/C20H23N5O5S/c1-10-3-4-13(14-5-6-15(31-14)17(22)27)25(9-10)20(29)18(28)24-11-7-12(16(21)26)19(30-2)23-8-11/h5-8,10,13H,3-4,9H2,1-2H3,(H2,21,26)(H2,22,27)(H,24,28)/t10-,13+/m0/s1. The van der Waals surface area contributed by atoms with Gasteiger partial charge in [0.1, 0.15) is 5.56 Å². The molecule has 31 heavy (non-hydrogen) atoms. The van der Waals surface area contributed by atoms with Crippen molar-refractivity contribution in [1.29, 1.82) is 0 Å². The topological polar surface area (TPSA) is 158 Å². The van der Waals surface area contributed by atoms with E-state index in [-0.39, 0.29) is 29.1 Å². The molecule has 0 aliphatic carbocycles. The minimum absolute atomic E-state index is 0.0182. The van der Waals surface area contributed by atoms with Gasteiger partial charge in [0.15, 0.2) is 0 Å². The number of anilines is 1. The first-order valence-electron chi connectivity index (χ1n) is 9.56. The zero-order valence-corrected chi connectivity index (χ0v) is 17.9. The molecule has 3 heterocycles. The second kappa shape index (κ2) is 9.13. The molecule has 4 amide bonds. The number of pyridine rings is 1. The smallest absolute Gasteiger partial charge is 0.313 e. The van der Waals surface area contributed by atoms with Crippen molar-refractivity contribution in [2.45, 2.75) is 25.8 Å². The summed E-state index contributed by atoms with van der Waals surface area (Å²) in [5, 5.41) is 2.47. The molecule has 0 bridgehead atoms. The molecule has 164 valence electrons. The van der Waals surface area contributed by atoms with Crippen molar-refractivity contribution in [3.63, 3.8) is 0 Å². The Labute approximate surface area is 182 Å². The van der Waals surface area contributed by atoms with Gasteiger partial charge in [-0.05, 0) is 37.0 Å². The lowest BCUT2D eigenvalue weighted by Gasteiger charge is -2.37. The van der Waals surface area contributed by atoms with Crippen LogP contribution in [0.15, 0.2) is 24.4 Å². The number of likely N-dealkylation sites (tertiary alicyclic amines) is 1. The van der Waals surface area contributed by atoms with Crippen molar-refractivity contribution >= 4 is 40.7 Å². The highest BCUT2D eigenvalue weighted by molar-refractivity contribution is 7.14. The van der Waals surface area contributed by atoms with Gasteiger partial charge in [-0.2, -0.15) is 0 Å². The number of nitrogens with zero attached hydrogens (tertiary/aromatic N) is 2. The number of hydrogen-bond acceptors (Lipinski definition) is 7. The molecule has 2 aromatic heterocycles. The van der Waals surface area contributed by atoms with E-state index in [9.17, 15) is 19.2 Å². The van der Waals surface area contributed by atoms with Gasteiger partial charge < -0.3 is 26.4 Å². The second-order valence-corrected chi connectivity index (χ2v) is 8.44. The SMILES string of the molecule is COc1ncc(NC(=O)C(=O)N2C[C@@H](C)CC[C@@H]2c2ccc(C(N)=O)s2)cc1C(N)=O. The van der Waals surface area contributed by atoms with Gasteiger partial charge >= 0.3 is 11.8 Å². The zero-order chi connectivity index (χ0) is 22.7. The Morgan fingerprint density at radius 2 is 1.94 bits per heavy atom. The molecule has 0 aromatic carbocycles. The van der Waals surface area contributed by atoms with Gasteiger partial charge in [-0.25, -0.2) is 4.98 Å². The third-order valence-electron chi connectivity index (χ3n) is 5.04. The van der Waals surface area contributed by atoms with E-state index >= 15 is 0 Å². The van der Waals surface area contributed by atoms with E-state index < -0.39 is 23.6 Å². The molecule has 1 fully saturated rings. The van der Waals surface area contributed by atoms with E-state index in [1.165, 1.54) is 35.6 Å². The molecule has 2 atom stereocenters. The predicted molar refractivity (Wildman–Crippen MR) is 114 cm³/mol. The molecule has 1 aliphatic rings. The third kappa shape index (κ3) is 4.82. The molecule has 0 unspecified atom stereocenters. The molecule has 11 heteroatoms. The number of thiophene rings is 1. The molecule has 1 saturated heterocycles. The molecular weight excluding hydrogens is 422 g/mol. The van der Waals surface area contributed by atoms with E-state index in [1.54, 1.807) is 12.1 Å². The van der Waals surface area contributed by atoms with Gasteiger partial charge in [0, 0.05) is 11.4 Å². The Morgan fingerprint density at radius 3 is 2.55 bits per heavy atom. The van der Waals surface area contributed by atoms with Crippen LogP contribution in [0.1, 0.15) is 50.7 Å². The van der Waals surface area contributed by atoms with E-state index in [1.807, 2.05) is 6.92 Å². The van der Waals surface area contributed by atoms with Gasteiger partial charge in [0.05, 0.1) is 29.9 Å². The number of primary amides is 2. The van der Waals surface area contributed by atoms with Gasteiger partial charge in [-0.3, -0.25) is 19.2 Å². The van der Waals surface area contributed by atoms with E-state index in [0.717, 1.165) is 11.3 Å². The van der Waals surface area contributed by atoms with Crippen molar-refractivity contribution in [1.82, 2.24) is 9.88 Å². The lowest BCUT2D eigenvalue weighted by Crippen LogP contribution is -2.46. The number of piperidine rings is 1. The molecule has 5 N–H and O–H groups in total. The van der Waals surface area contributed by atoms with Crippen LogP contribution in [-0.4, -0.2) is 47.2 Å². The number of methoxy groups -OCH3 is 1. The summed E-state index contributed by atoms with van der Waals surface area (Å²) in [6, 6.07) is 4.35. The van der Waals surface area contributed by atoms with Crippen molar-refractivity contribution in [3.05, 3.63) is 39.7 Å². The summed E-state index contributed by atoms with van der Waals surface area (Å²) in [5.41, 5.74) is 10.8. The number of nitrogens with one attached hydrogen (secondary N) is 1. The summed E-state index contributed by atoms with van der Waals surface area (Å²) in [5.74, 6) is -2.67. The summed E-state index contributed by atoms with van der Waals surface area (Å²) in [6.07, 6.45) is 2.81. The number of nitrogens with two attached hydrogens (primary N) is 2. The van der Waals surface area contributed by atoms with Crippen LogP contribution in [0.3, 0.4) is 0 Å². The van der Waals surface area contributed by atoms with Crippen LogP contribution in [0, 0.1) is 5.92 Å². The number of amides is 4. The lowest BCUT2D eigenvalue weighted by molar-refractivity contribution is -0.146. The molecular formula is C20H23N5O5S. The van der Waals surface area contributed by atoms with E-state index in [4.69, 9.17) is 16.2 Å². The van der Waals surface area contributed by atoms with Gasteiger partial charge in [0.2, 0.25) is 5.88 Å². The van der Waals surface area contributed by atoms with Crippen LogP contribution >= 0.6 is 11.3 Å². The van der Waals surface area contributed by atoms with E-state index in [2.05, 4.69) is 10.3 Å². The molecule has 3 rings (SSSR count). The molecule has 0 radical (unpaired) electrons. The average Bonchev–Trinajstić information content (AvgIpc) is 3.23. The molecule has 10 nitrogen and oxygen atoms in total. The number of hydrogen-bond donors (Lipinski definition) is 3. The molecule has 1 aliphatic heterocycles. The highest BCUT2D eigenvalue weighted by atomic mass is 32.1. The highest BCUT2D eigenvalue weighted by Crippen LogP contribution is 2.37. The Hall–Kier alpha value is -3.47. The third-order valence-corrected chi connectivity index (χ3v) is 6.24. The quantitative estimate of drug-likeness (QED) is 0.588. The summed E-state index contributed by atoms with van der Waals surface area (Å²) < 4.78 is 4.97. The highest BCUT2D eigenvalue weighted by Gasteiger charge is 2.35. The molecule has 2 aromatic rings. The minimum atomic E-state index is -0.867.